The summed E-state index contributed by atoms with van der Waals surface area (Å²) in [7, 11) is 1.53. The Balaban J connectivity index is 1.73. The minimum atomic E-state index is -0.601. The second kappa shape index (κ2) is 12.5. The van der Waals surface area contributed by atoms with E-state index >= 15 is 0 Å². The minimum absolute atomic E-state index is 0.221. The number of imide groups is 1. The highest BCUT2D eigenvalue weighted by Crippen LogP contribution is 2.37. The van der Waals surface area contributed by atoms with E-state index in [-0.39, 0.29) is 11.5 Å². The summed E-state index contributed by atoms with van der Waals surface area (Å²) >= 11 is 8.84. The quantitative estimate of drug-likeness (QED) is 0.142. The van der Waals surface area contributed by atoms with Crippen molar-refractivity contribution >= 4 is 69.1 Å². The molecule has 0 spiro atoms. The highest BCUT2D eigenvalue weighted by Gasteiger charge is 2.36. The lowest BCUT2D eigenvalue weighted by Gasteiger charge is -2.14. The number of hydrogen-bond acceptors (Lipinski definition) is 7. The van der Waals surface area contributed by atoms with E-state index in [1.165, 1.54) is 7.11 Å². The van der Waals surface area contributed by atoms with Crippen molar-refractivity contribution in [2.45, 2.75) is 26.4 Å². The van der Waals surface area contributed by atoms with Crippen molar-refractivity contribution < 1.29 is 28.6 Å². The van der Waals surface area contributed by atoms with Crippen molar-refractivity contribution in [1.82, 2.24) is 4.90 Å². The number of benzene rings is 2. The van der Waals surface area contributed by atoms with E-state index in [1.807, 2.05) is 25.1 Å². The zero-order valence-corrected chi connectivity index (χ0v) is 22.4. The average Bonchev–Trinajstić information content (AvgIpc) is 3.06. The van der Waals surface area contributed by atoms with Crippen molar-refractivity contribution in [3.05, 3.63) is 61.0 Å². The first-order valence-electron chi connectivity index (χ1n) is 10.5. The van der Waals surface area contributed by atoms with E-state index in [4.69, 9.17) is 25.8 Å². The Morgan fingerprint density at radius 2 is 1.94 bits per heavy atom. The van der Waals surface area contributed by atoms with Gasteiger partial charge in [-0.1, -0.05) is 37.1 Å². The van der Waals surface area contributed by atoms with Gasteiger partial charge in [-0.15, -0.1) is 0 Å². The van der Waals surface area contributed by atoms with Gasteiger partial charge in [0, 0.05) is 5.02 Å². The van der Waals surface area contributed by atoms with Crippen LogP contribution in [-0.2, 0) is 20.9 Å². The Hall–Kier alpha value is -2.24. The monoisotopic (exact) mass is 615 g/mol. The number of unbranched alkanes of at least 4 members (excludes halogenated alkanes) is 1. The lowest BCUT2D eigenvalue weighted by molar-refractivity contribution is -0.146. The topological polar surface area (TPSA) is 82.1 Å². The lowest BCUT2D eigenvalue weighted by Crippen LogP contribution is -2.34. The van der Waals surface area contributed by atoms with Crippen LogP contribution in [0.3, 0.4) is 0 Å². The number of nitrogens with zero attached hydrogens (tertiary/aromatic N) is 1. The van der Waals surface area contributed by atoms with E-state index in [0.29, 0.717) is 28.7 Å². The standard InChI is InChI=1S/C24H23ClINO6S/c1-3-4-9-32-21(28)13-27-23(29)20(34-24(27)30)12-16-10-18(26)22(19(11-16)31-2)33-14-15-5-7-17(25)8-6-15/h5-8,10-12H,3-4,9,13-14H2,1-2H3/b20-12+. The molecule has 0 aromatic heterocycles. The van der Waals surface area contributed by atoms with Crippen LogP contribution >= 0.6 is 46.0 Å². The summed E-state index contributed by atoms with van der Waals surface area (Å²) < 4.78 is 17.3. The first-order valence-corrected chi connectivity index (χ1v) is 12.8. The molecule has 0 N–H and O–H groups in total. The Morgan fingerprint density at radius 1 is 1.21 bits per heavy atom. The Kier molecular flexibility index (Phi) is 9.66. The van der Waals surface area contributed by atoms with E-state index in [9.17, 15) is 14.4 Å². The van der Waals surface area contributed by atoms with Gasteiger partial charge in [-0.2, -0.15) is 0 Å². The molecule has 1 fully saturated rings. The molecule has 0 saturated carbocycles. The first kappa shape index (κ1) is 26.4. The summed E-state index contributed by atoms with van der Waals surface area (Å²) in [6.45, 7) is 2.18. The zero-order chi connectivity index (χ0) is 24.7. The van der Waals surface area contributed by atoms with Gasteiger partial charge in [-0.25, -0.2) is 0 Å². The first-order chi connectivity index (χ1) is 16.3. The molecule has 0 unspecified atom stereocenters. The number of thioether (sulfide) groups is 1. The summed E-state index contributed by atoms with van der Waals surface area (Å²) in [5.74, 6) is -0.0705. The number of halogens is 2. The van der Waals surface area contributed by atoms with Crippen molar-refractivity contribution in [3.8, 4) is 11.5 Å². The summed E-state index contributed by atoms with van der Waals surface area (Å²) in [5, 5.41) is 0.145. The smallest absolute Gasteiger partial charge is 0.326 e. The largest absolute Gasteiger partial charge is 0.493 e. The molecule has 2 aromatic carbocycles. The van der Waals surface area contributed by atoms with Crippen LogP contribution in [0.25, 0.3) is 6.08 Å². The van der Waals surface area contributed by atoms with Gasteiger partial charge in [-0.05, 0) is 82.2 Å². The molecule has 10 heteroatoms. The van der Waals surface area contributed by atoms with Gasteiger partial charge in [0.25, 0.3) is 11.1 Å². The molecule has 0 aliphatic carbocycles. The van der Waals surface area contributed by atoms with Crippen molar-refractivity contribution in [1.29, 1.82) is 0 Å². The fraction of sp³-hybridized carbons (Fsp3) is 0.292. The van der Waals surface area contributed by atoms with Crippen LogP contribution in [0.5, 0.6) is 11.5 Å². The predicted molar refractivity (Wildman–Crippen MR) is 140 cm³/mol. The normalized spacial score (nSPS) is 14.6. The summed E-state index contributed by atoms with van der Waals surface area (Å²) in [6, 6.07) is 10.9. The van der Waals surface area contributed by atoms with Gasteiger partial charge in [0.2, 0.25) is 0 Å². The van der Waals surface area contributed by atoms with E-state index < -0.39 is 23.7 Å². The Labute approximate surface area is 220 Å². The SMILES string of the molecule is CCCCOC(=O)CN1C(=O)S/C(=C/c2cc(I)c(OCc3ccc(Cl)cc3)c(OC)c2)C1=O. The van der Waals surface area contributed by atoms with Gasteiger partial charge < -0.3 is 14.2 Å². The maximum absolute atomic E-state index is 12.7. The third-order valence-electron chi connectivity index (χ3n) is 4.77. The molecule has 1 saturated heterocycles. The van der Waals surface area contributed by atoms with Crippen LogP contribution in [0, 0.1) is 3.57 Å². The third kappa shape index (κ3) is 6.89. The van der Waals surface area contributed by atoms with Gasteiger partial charge >= 0.3 is 5.97 Å². The lowest BCUT2D eigenvalue weighted by atomic mass is 10.1. The summed E-state index contributed by atoms with van der Waals surface area (Å²) in [4.78, 5) is 38.1. The van der Waals surface area contributed by atoms with E-state index in [1.54, 1.807) is 24.3 Å². The zero-order valence-electron chi connectivity index (χ0n) is 18.6. The number of rotatable bonds is 10. The second-order valence-electron chi connectivity index (χ2n) is 7.29. The number of carbonyl (C=O) groups is 3. The molecule has 34 heavy (non-hydrogen) atoms. The van der Waals surface area contributed by atoms with Gasteiger partial charge in [-0.3, -0.25) is 19.3 Å². The van der Waals surface area contributed by atoms with Crippen LogP contribution in [0.1, 0.15) is 30.9 Å². The molecule has 1 heterocycles. The van der Waals surface area contributed by atoms with Crippen molar-refractivity contribution in [2.24, 2.45) is 0 Å². The number of ether oxygens (including phenoxy) is 3. The van der Waals surface area contributed by atoms with E-state index in [2.05, 4.69) is 22.6 Å². The molecule has 0 bridgehead atoms. The van der Waals surface area contributed by atoms with Crippen LogP contribution < -0.4 is 9.47 Å². The molecular weight excluding hydrogens is 593 g/mol. The molecule has 2 amide bonds. The number of esters is 1. The van der Waals surface area contributed by atoms with Crippen molar-refractivity contribution in [2.75, 3.05) is 20.3 Å². The molecule has 1 aliphatic rings. The Bertz CT molecular complexity index is 1110. The highest BCUT2D eigenvalue weighted by atomic mass is 127. The highest BCUT2D eigenvalue weighted by molar-refractivity contribution is 14.1. The van der Waals surface area contributed by atoms with Gasteiger partial charge in [0.1, 0.15) is 13.2 Å². The second-order valence-corrected chi connectivity index (χ2v) is 9.88. The van der Waals surface area contributed by atoms with Crippen molar-refractivity contribution in [3.63, 3.8) is 0 Å². The molecule has 2 aromatic rings. The van der Waals surface area contributed by atoms with Crippen LogP contribution in [0.4, 0.5) is 4.79 Å². The fourth-order valence-corrected chi connectivity index (χ4v) is 4.74. The molecule has 180 valence electrons. The average molecular weight is 616 g/mol. The molecular formula is C24H23ClINO6S. The van der Waals surface area contributed by atoms with Crippen LogP contribution in [-0.4, -0.2) is 42.3 Å². The van der Waals surface area contributed by atoms with Gasteiger partial charge in [0.15, 0.2) is 11.5 Å². The van der Waals surface area contributed by atoms with E-state index in [0.717, 1.165) is 38.6 Å². The maximum Gasteiger partial charge on any atom is 0.326 e. The molecule has 0 radical (unpaired) electrons. The number of carbonyl (C=O) groups excluding carboxylic acids is 3. The van der Waals surface area contributed by atoms with Crippen LogP contribution in [0.2, 0.25) is 5.02 Å². The van der Waals surface area contributed by atoms with Gasteiger partial charge in [0.05, 0.1) is 22.2 Å². The molecule has 0 atom stereocenters. The third-order valence-corrected chi connectivity index (χ3v) is 6.73. The fourth-order valence-electron chi connectivity index (χ4n) is 2.99. The summed E-state index contributed by atoms with van der Waals surface area (Å²) in [6.07, 6.45) is 3.21. The number of methoxy groups -OCH3 is 1. The number of amides is 2. The minimum Gasteiger partial charge on any atom is -0.493 e. The Morgan fingerprint density at radius 3 is 2.62 bits per heavy atom. The molecule has 1 aliphatic heterocycles. The number of hydrogen-bond donors (Lipinski definition) is 0. The molecule has 3 rings (SSSR count). The van der Waals surface area contributed by atoms with Crippen LogP contribution in [0.15, 0.2) is 41.3 Å². The predicted octanol–water partition coefficient (Wildman–Crippen LogP) is 5.91. The summed E-state index contributed by atoms with van der Waals surface area (Å²) in [5.41, 5.74) is 1.62. The maximum atomic E-state index is 12.7. The molecule has 7 nitrogen and oxygen atoms in total.